The Morgan fingerprint density at radius 3 is 2.92 bits per heavy atom. The summed E-state index contributed by atoms with van der Waals surface area (Å²) >= 11 is 0. The summed E-state index contributed by atoms with van der Waals surface area (Å²) in [6.45, 7) is 4.02. The highest BCUT2D eigenvalue weighted by molar-refractivity contribution is 5.95. The molecular formula is C18H25N3O3. The van der Waals surface area contributed by atoms with Crippen molar-refractivity contribution in [1.29, 1.82) is 0 Å². The largest absolute Gasteiger partial charge is 0.377 e. The number of nitrogens with zero attached hydrogens (tertiary/aromatic N) is 3. The predicted molar refractivity (Wildman–Crippen MR) is 90.3 cm³/mol. The number of pyridine rings is 1. The van der Waals surface area contributed by atoms with E-state index in [2.05, 4.69) is 9.88 Å². The zero-order valence-electron chi connectivity index (χ0n) is 14.2. The first-order chi connectivity index (χ1) is 11.7. The minimum absolute atomic E-state index is 0.0381. The van der Waals surface area contributed by atoms with Gasteiger partial charge in [-0.1, -0.05) is 0 Å². The van der Waals surface area contributed by atoms with Crippen LogP contribution in [0.4, 0.5) is 5.82 Å². The molecule has 0 bridgehead atoms. The van der Waals surface area contributed by atoms with Gasteiger partial charge in [0.25, 0.3) is 5.91 Å². The number of ether oxygens (including phenoxy) is 2. The molecule has 0 saturated carbocycles. The summed E-state index contributed by atoms with van der Waals surface area (Å²) in [5, 5.41) is 0. The van der Waals surface area contributed by atoms with Gasteiger partial charge in [-0.05, 0) is 37.8 Å². The molecule has 3 aliphatic heterocycles. The minimum Gasteiger partial charge on any atom is -0.377 e. The fourth-order valence-corrected chi connectivity index (χ4v) is 4.25. The third kappa shape index (κ3) is 2.67. The van der Waals surface area contributed by atoms with Crippen molar-refractivity contribution in [3.05, 3.63) is 23.9 Å². The van der Waals surface area contributed by atoms with Gasteiger partial charge in [-0.15, -0.1) is 0 Å². The predicted octanol–water partition coefficient (Wildman–Crippen LogP) is 1.70. The van der Waals surface area contributed by atoms with Gasteiger partial charge in [-0.2, -0.15) is 0 Å². The van der Waals surface area contributed by atoms with E-state index in [1.807, 2.05) is 17.0 Å². The Morgan fingerprint density at radius 1 is 1.38 bits per heavy atom. The number of hydrogen-bond donors (Lipinski definition) is 0. The molecule has 1 aromatic rings. The van der Waals surface area contributed by atoms with Gasteiger partial charge in [0.15, 0.2) is 0 Å². The summed E-state index contributed by atoms with van der Waals surface area (Å²) in [6.07, 6.45) is 6.10. The van der Waals surface area contributed by atoms with E-state index in [-0.39, 0.29) is 17.6 Å². The molecular weight excluding hydrogens is 306 g/mol. The molecule has 1 spiro atoms. The van der Waals surface area contributed by atoms with E-state index in [1.165, 1.54) is 12.8 Å². The van der Waals surface area contributed by atoms with E-state index in [0.29, 0.717) is 18.7 Å². The Kier molecular flexibility index (Phi) is 4.18. The molecule has 6 nitrogen and oxygen atoms in total. The van der Waals surface area contributed by atoms with Crippen LogP contribution in [0.1, 0.15) is 36.0 Å². The Hall–Kier alpha value is -1.66. The van der Waals surface area contributed by atoms with Gasteiger partial charge in [-0.25, -0.2) is 4.98 Å². The summed E-state index contributed by atoms with van der Waals surface area (Å²) in [6, 6.07) is 3.74. The van der Waals surface area contributed by atoms with Crippen LogP contribution in [0.3, 0.4) is 0 Å². The lowest BCUT2D eigenvalue weighted by molar-refractivity contribution is -0.0754. The topological polar surface area (TPSA) is 54.9 Å². The third-order valence-electron chi connectivity index (χ3n) is 5.56. The van der Waals surface area contributed by atoms with Crippen molar-refractivity contribution in [2.24, 2.45) is 0 Å². The lowest BCUT2D eigenvalue weighted by Gasteiger charge is -2.27. The van der Waals surface area contributed by atoms with Crippen LogP contribution in [0.15, 0.2) is 18.3 Å². The summed E-state index contributed by atoms with van der Waals surface area (Å²) < 4.78 is 11.6. The highest BCUT2D eigenvalue weighted by atomic mass is 16.6. The van der Waals surface area contributed by atoms with Crippen molar-refractivity contribution in [2.75, 3.05) is 44.8 Å². The van der Waals surface area contributed by atoms with Crippen LogP contribution in [-0.4, -0.2) is 67.4 Å². The second kappa shape index (κ2) is 6.33. The maximum absolute atomic E-state index is 13.0. The number of anilines is 1. The first kappa shape index (κ1) is 15.8. The first-order valence-corrected chi connectivity index (χ1v) is 8.89. The molecule has 4 rings (SSSR count). The summed E-state index contributed by atoms with van der Waals surface area (Å²) in [7, 11) is 1.71. The quantitative estimate of drug-likeness (QED) is 0.844. The number of methoxy groups -OCH3 is 1. The molecule has 24 heavy (non-hydrogen) atoms. The zero-order valence-corrected chi connectivity index (χ0v) is 14.2. The van der Waals surface area contributed by atoms with Crippen molar-refractivity contribution in [3.8, 4) is 0 Å². The number of aromatic nitrogens is 1. The monoisotopic (exact) mass is 331 g/mol. The van der Waals surface area contributed by atoms with Crippen molar-refractivity contribution < 1.29 is 14.3 Å². The van der Waals surface area contributed by atoms with Gasteiger partial charge in [0.05, 0.1) is 13.1 Å². The average molecular weight is 331 g/mol. The molecule has 0 radical (unpaired) electrons. The maximum atomic E-state index is 13.0. The Labute approximate surface area is 142 Å². The van der Waals surface area contributed by atoms with Crippen LogP contribution < -0.4 is 4.90 Å². The van der Waals surface area contributed by atoms with E-state index in [9.17, 15) is 4.79 Å². The molecule has 0 aromatic carbocycles. The van der Waals surface area contributed by atoms with Crippen molar-refractivity contribution in [3.63, 3.8) is 0 Å². The molecule has 0 unspecified atom stereocenters. The van der Waals surface area contributed by atoms with E-state index in [0.717, 1.165) is 38.4 Å². The van der Waals surface area contributed by atoms with Gasteiger partial charge < -0.3 is 19.3 Å². The molecule has 4 heterocycles. The van der Waals surface area contributed by atoms with E-state index >= 15 is 0 Å². The number of carbonyl (C=O) groups excluding carboxylic acids is 1. The molecule has 6 heteroatoms. The zero-order chi connectivity index (χ0) is 16.6. The van der Waals surface area contributed by atoms with E-state index in [4.69, 9.17) is 9.47 Å². The SMILES string of the molecule is CO[C@H]1CN(C(=O)c2ccnc(N3CCCC3)c2)C[C@@]12CCCO2. The van der Waals surface area contributed by atoms with Crippen LogP contribution in [0.25, 0.3) is 0 Å². The van der Waals surface area contributed by atoms with Crippen LogP contribution in [-0.2, 0) is 9.47 Å². The van der Waals surface area contributed by atoms with Crippen molar-refractivity contribution in [1.82, 2.24) is 9.88 Å². The Bertz CT molecular complexity index is 609. The number of likely N-dealkylation sites (tertiary alicyclic amines) is 1. The summed E-state index contributed by atoms with van der Waals surface area (Å²) in [4.78, 5) is 21.6. The van der Waals surface area contributed by atoms with Crippen LogP contribution in [0.2, 0.25) is 0 Å². The van der Waals surface area contributed by atoms with Gasteiger partial charge >= 0.3 is 0 Å². The number of rotatable bonds is 3. The third-order valence-corrected chi connectivity index (χ3v) is 5.56. The molecule has 2 atom stereocenters. The van der Waals surface area contributed by atoms with Gasteiger partial charge in [0, 0.05) is 38.6 Å². The number of amides is 1. The first-order valence-electron chi connectivity index (χ1n) is 8.89. The molecule has 1 aromatic heterocycles. The lowest BCUT2D eigenvalue weighted by Crippen LogP contribution is -2.42. The number of hydrogen-bond acceptors (Lipinski definition) is 5. The molecule has 3 aliphatic rings. The average Bonchev–Trinajstić information content (AvgIpc) is 3.36. The van der Waals surface area contributed by atoms with Crippen LogP contribution in [0, 0.1) is 0 Å². The highest BCUT2D eigenvalue weighted by Gasteiger charge is 2.51. The number of carbonyl (C=O) groups is 1. The molecule has 0 N–H and O–H groups in total. The minimum atomic E-state index is -0.310. The van der Waals surface area contributed by atoms with Crippen LogP contribution in [0.5, 0.6) is 0 Å². The van der Waals surface area contributed by atoms with Gasteiger partial charge in [-0.3, -0.25) is 4.79 Å². The summed E-state index contributed by atoms with van der Waals surface area (Å²) in [5.41, 5.74) is 0.395. The van der Waals surface area contributed by atoms with Crippen LogP contribution >= 0.6 is 0 Å². The highest BCUT2D eigenvalue weighted by Crippen LogP contribution is 2.37. The fraction of sp³-hybridized carbons (Fsp3) is 0.667. The summed E-state index contributed by atoms with van der Waals surface area (Å²) in [5.74, 6) is 0.958. The molecule has 130 valence electrons. The van der Waals surface area contributed by atoms with Crippen molar-refractivity contribution >= 4 is 11.7 Å². The fourth-order valence-electron chi connectivity index (χ4n) is 4.25. The van der Waals surface area contributed by atoms with E-state index in [1.54, 1.807) is 13.3 Å². The molecule has 3 fully saturated rings. The van der Waals surface area contributed by atoms with E-state index < -0.39 is 0 Å². The lowest BCUT2D eigenvalue weighted by atomic mass is 9.96. The second-order valence-electron chi connectivity index (χ2n) is 7.02. The Balaban J connectivity index is 1.52. The normalized spacial score (nSPS) is 29.8. The molecule has 0 aliphatic carbocycles. The Morgan fingerprint density at radius 2 is 2.21 bits per heavy atom. The van der Waals surface area contributed by atoms with Gasteiger partial charge in [0.1, 0.15) is 17.5 Å². The standard InChI is InChI=1S/C18H25N3O3/c1-23-15-12-21(13-18(15)6-4-10-24-18)17(22)14-5-7-19-16(11-14)20-8-2-3-9-20/h5,7,11,15H,2-4,6,8-10,12-13H2,1H3/t15-,18-/m0/s1. The smallest absolute Gasteiger partial charge is 0.254 e. The molecule has 3 saturated heterocycles. The second-order valence-corrected chi connectivity index (χ2v) is 7.02. The maximum Gasteiger partial charge on any atom is 0.254 e. The van der Waals surface area contributed by atoms with Gasteiger partial charge in [0.2, 0.25) is 0 Å². The van der Waals surface area contributed by atoms with Crippen molar-refractivity contribution in [2.45, 2.75) is 37.4 Å². The molecule has 1 amide bonds.